The van der Waals surface area contributed by atoms with Crippen molar-refractivity contribution in [3.8, 4) is 0 Å². The van der Waals surface area contributed by atoms with E-state index in [2.05, 4.69) is 20.7 Å². The van der Waals surface area contributed by atoms with Crippen LogP contribution in [0.4, 0.5) is 14.9 Å². The van der Waals surface area contributed by atoms with Crippen LogP contribution in [0.25, 0.3) is 0 Å². The number of carbonyl (C=O) groups excluding carboxylic acids is 1. The number of rotatable bonds is 3. The van der Waals surface area contributed by atoms with Crippen molar-refractivity contribution in [2.75, 3.05) is 11.9 Å². The number of fused-ring (bicyclic) bond motifs is 2. The van der Waals surface area contributed by atoms with E-state index in [0.29, 0.717) is 5.69 Å². The number of aliphatic hydroxyl groups is 1. The third kappa shape index (κ3) is 3.06. The number of benzene rings is 1. The quantitative estimate of drug-likeness (QED) is 0.733. The zero-order chi connectivity index (χ0) is 17.4. The summed E-state index contributed by atoms with van der Waals surface area (Å²) < 4.78 is 25.9. The topological polar surface area (TPSA) is 111 Å². The highest BCUT2D eigenvalue weighted by molar-refractivity contribution is 5.89. The van der Waals surface area contributed by atoms with Gasteiger partial charge in [0, 0.05) is 5.69 Å². The van der Waals surface area contributed by atoms with Crippen LogP contribution < -0.4 is 10.6 Å². The molecule has 1 aromatic heterocycles. The van der Waals surface area contributed by atoms with Crippen molar-refractivity contribution in [1.29, 1.82) is 0 Å². The molecule has 0 unspecified atom stereocenters. The number of aliphatic hydroxyl groups excluding tert-OH is 1. The van der Waals surface area contributed by atoms with Crippen molar-refractivity contribution in [2.24, 2.45) is 0 Å². The summed E-state index contributed by atoms with van der Waals surface area (Å²) in [5.41, 5.74) is 0.303. The van der Waals surface area contributed by atoms with Crippen molar-refractivity contribution >= 4 is 11.7 Å². The van der Waals surface area contributed by atoms with Crippen molar-refractivity contribution in [3.63, 3.8) is 0 Å². The summed E-state index contributed by atoms with van der Waals surface area (Å²) in [6.07, 6.45) is 0.644. The van der Waals surface area contributed by atoms with Gasteiger partial charge >= 0.3 is 6.03 Å². The van der Waals surface area contributed by atoms with Crippen molar-refractivity contribution in [1.82, 2.24) is 20.1 Å². The molecule has 2 amide bonds. The van der Waals surface area contributed by atoms with Crippen molar-refractivity contribution in [3.05, 3.63) is 42.7 Å². The van der Waals surface area contributed by atoms with Crippen LogP contribution in [0.1, 0.15) is 6.04 Å². The molecule has 2 fully saturated rings. The number of ether oxygens (including phenoxy) is 2. The Morgan fingerprint density at radius 3 is 3.08 bits per heavy atom. The van der Waals surface area contributed by atoms with Crippen LogP contribution in [0.5, 0.6) is 0 Å². The van der Waals surface area contributed by atoms with E-state index in [4.69, 9.17) is 9.47 Å². The van der Waals surface area contributed by atoms with Gasteiger partial charge in [0.25, 0.3) is 0 Å². The number of hydrogen-bond donors (Lipinski definition) is 3. The Hall–Kier alpha value is -2.56. The molecule has 4 rings (SSSR count). The second-order valence-corrected chi connectivity index (χ2v) is 5.87. The molecule has 10 heteroatoms. The first-order chi connectivity index (χ1) is 12.1. The Bertz CT molecular complexity index is 758. The number of nitrogens with one attached hydrogen (secondary N) is 2. The first-order valence-electron chi connectivity index (χ1n) is 7.74. The second kappa shape index (κ2) is 6.39. The number of urea groups is 1. The minimum Gasteiger partial charge on any atom is -0.388 e. The number of halogens is 1. The largest absolute Gasteiger partial charge is 0.388 e. The predicted molar refractivity (Wildman–Crippen MR) is 82.0 cm³/mol. The SMILES string of the molecule is O=C(Nc1cccc(F)c1)N[C@H]1[C@H](O)[C@@H](n2cncn2)[C@@H]2OC[C@H]1O2. The molecule has 5 atom stereocenters. The summed E-state index contributed by atoms with van der Waals surface area (Å²) in [6.45, 7) is 0.234. The molecule has 2 saturated heterocycles. The number of amides is 2. The molecule has 9 nitrogen and oxygen atoms in total. The van der Waals surface area contributed by atoms with Gasteiger partial charge in [-0.3, -0.25) is 0 Å². The van der Waals surface area contributed by atoms with E-state index in [1.54, 1.807) is 6.07 Å². The number of anilines is 1. The highest BCUT2D eigenvalue weighted by Crippen LogP contribution is 2.35. The monoisotopic (exact) mass is 349 g/mol. The molecule has 1 aromatic carbocycles. The van der Waals surface area contributed by atoms with E-state index in [1.807, 2.05) is 0 Å². The van der Waals surface area contributed by atoms with Gasteiger partial charge in [0.15, 0.2) is 6.29 Å². The van der Waals surface area contributed by atoms with Crippen molar-refractivity contribution in [2.45, 2.75) is 30.6 Å². The first-order valence-corrected chi connectivity index (χ1v) is 7.74. The van der Waals surface area contributed by atoms with E-state index in [-0.39, 0.29) is 6.61 Å². The minimum atomic E-state index is -0.994. The van der Waals surface area contributed by atoms with Gasteiger partial charge in [0.1, 0.15) is 36.7 Å². The smallest absolute Gasteiger partial charge is 0.319 e. The maximum absolute atomic E-state index is 13.2. The minimum absolute atomic E-state index is 0.234. The lowest BCUT2D eigenvalue weighted by Crippen LogP contribution is -2.59. The average Bonchev–Trinajstić information content (AvgIpc) is 3.23. The predicted octanol–water partition coefficient (Wildman–Crippen LogP) is 0.265. The molecule has 3 N–H and O–H groups in total. The van der Waals surface area contributed by atoms with Crippen LogP contribution >= 0.6 is 0 Å². The molecule has 2 aromatic rings. The van der Waals surface area contributed by atoms with E-state index < -0.39 is 42.4 Å². The molecule has 0 spiro atoms. The Kier molecular flexibility index (Phi) is 4.07. The van der Waals surface area contributed by atoms with Crippen LogP contribution in [0.15, 0.2) is 36.9 Å². The molecule has 0 saturated carbocycles. The molecule has 2 bridgehead atoms. The van der Waals surface area contributed by atoms with Gasteiger partial charge in [-0.15, -0.1) is 0 Å². The highest BCUT2D eigenvalue weighted by atomic mass is 19.1. The normalized spacial score (nSPS) is 30.9. The molecule has 132 valence electrons. The van der Waals surface area contributed by atoms with Gasteiger partial charge in [0.2, 0.25) is 0 Å². The molecule has 0 aliphatic carbocycles. The third-order valence-corrected chi connectivity index (χ3v) is 4.25. The van der Waals surface area contributed by atoms with Gasteiger partial charge in [-0.05, 0) is 18.2 Å². The molecule has 3 heterocycles. The zero-order valence-electron chi connectivity index (χ0n) is 12.9. The summed E-state index contributed by atoms with van der Waals surface area (Å²) in [6, 6.07) is 3.58. The molecule has 2 aliphatic rings. The summed E-state index contributed by atoms with van der Waals surface area (Å²) in [7, 11) is 0. The summed E-state index contributed by atoms with van der Waals surface area (Å²) in [5.74, 6) is -0.461. The van der Waals surface area contributed by atoms with Crippen LogP contribution in [-0.4, -0.2) is 57.0 Å². The van der Waals surface area contributed by atoms with Crippen LogP contribution in [-0.2, 0) is 9.47 Å². The fraction of sp³-hybridized carbons (Fsp3) is 0.400. The Labute approximate surface area is 141 Å². The zero-order valence-corrected chi connectivity index (χ0v) is 12.9. The van der Waals surface area contributed by atoms with Gasteiger partial charge in [-0.1, -0.05) is 6.07 Å². The molecule has 2 aliphatic heterocycles. The van der Waals surface area contributed by atoms with Crippen LogP contribution in [0.2, 0.25) is 0 Å². The lowest BCUT2D eigenvalue weighted by atomic mass is 9.96. The number of hydrogen-bond acceptors (Lipinski definition) is 6. The maximum atomic E-state index is 13.2. The van der Waals surface area contributed by atoms with E-state index in [0.717, 1.165) is 0 Å². The lowest BCUT2D eigenvalue weighted by molar-refractivity contribution is -0.166. The average molecular weight is 349 g/mol. The number of carbonyl (C=O) groups is 1. The molecular weight excluding hydrogens is 333 g/mol. The summed E-state index contributed by atoms with van der Waals surface area (Å²) in [5, 5.41) is 19.9. The molecular formula is C15H16FN5O4. The second-order valence-electron chi connectivity index (χ2n) is 5.87. The van der Waals surface area contributed by atoms with Gasteiger partial charge in [-0.2, -0.15) is 5.10 Å². The van der Waals surface area contributed by atoms with E-state index in [1.165, 1.54) is 35.5 Å². The van der Waals surface area contributed by atoms with Crippen LogP contribution in [0, 0.1) is 5.82 Å². The van der Waals surface area contributed by atoms with E-state index >= 15 is 0 Å². The molecule has 25 heavy (non-hydrogen) atoms. The number of nitrogens with zero attached hydrogens (tertiary/aromatic N) is 3. The standard InChI is InChI=1S/C15H16FN5O4/c16-8-2-1-3-9(4-8)19-15(23)20-11-10-5-24-14(25-10)12(13(11)22)21-7-17-6-18-21/h1-4,6-7,10-14,22H,5H2,(H2,19,20,23)/t10-,11-,12-,13+,14-/m1/s1. The Balaban J connectivity index is 1.48. The number of aromatic nitrogens is 3. The molecule has 0 radical (unpaired) electrons. The fourth-order valence-electron chi connectivity index (χ4n) is 3.12. The summed E-state index contributed by atoms with van der Waals surface area (Å²) in [4.78, 5) is 16.1. The highest BCUT2D eigenvalue weighted by Gasteiger charge is 2.51. The lowest BCUT2D eigenvalue weighted by Gasteiger charge is -2.38. The van der Waals surface area contributed by atoms with Gasteiger partial charge < -0.3 is 25.2 Å². The van der Waals surface area contributed by atoms with Gasteiger partial charge in [0.05, 0.1) is 12.6 Å². The third-order valence-electron chi connectivity index (χ3n) is 4.25. The van der Waals surface area contributed by atoms with E-state index in [9.17, 15) is 14.3 Å². The maximum Gasteiger partial charge on any atom is 0.319 e. The summed E-state index contributed by atoms with van der Waals surface area (Å²) >= 11 is 0. The Morgan fingerprint density at radius 2 is 2.32 bits per heavy atom. The van der Waals surface area contributed by atoms with Gasteiger partial charge in [-0.25, -0.2) is 18.9 Å². The fourth-order valence-corrected chi connectivity index (χ4v) is 3.12. The van der Waals surface area contributed by atoms with Crippen LogP contribution in [0.3, 0.4) is 0 Å². The first kappa shape index (κ1) is 15.9. The Morgan fingerprint density at radius 1 is 1.44 bits per heavy atom. The van der Waals surface area contributed by atoms with Crippen molar-refractivity contribution < 1.29 is 23.8 Å².